The van der Waals surface area contributed by atoms with Gasteiger partial charge in [-0.1, -0.05) is 39.0 Å². The molecular weight excluding hydrogens is 230 g/mol. The fraction of sp³-hybridized carbons (Fsp3) is 0.556. The van der Waals surface area contributed by atoms with Gasteiger partial charge in [0.25, 0.3) is 0 Å². The van der Waals surface area contributed by atoms with E-state index in [9.17, 15) is 0 Å². The monoisotopic (exact) mass is 257 g/mol. The molecule has 0 unspecified atom stereocenters. The van der Waals surface area contributed by atoms with E-state index in [-0.39, 0.29) is 0 Å². The highest BCUT2D eigenvalue weighted by Gasteiger charge is 2.24. The van der Waals surface area contributed by atoms with Gasteiger partial charge < -0.3 is 4.90 Å². The van der Waals surface area contributed by atoms with Crippen LogP contribution in [0.3, 0.4) is 0 Å². The second kappa shape index (κ2) is 5.81. The molecule has 1 nitrogen and oxygen atoms in total. The molecule has 19 heavy (non-hydrogen) atoms. The molecular formula is C18H27N. The van der Waals surface area contributed by atoms with Crippen molar-refractivity contribution < 1.29 is 0 Å². The largest absolute Gasteiger partial charge is 0.343 e. The first-order valence-electron chi connectivity index (χ1n) is 7.58. The predicted octanol–water partition coefficient (Wildman–Crippen LogP) is 4.95. The molecule has 0 saturated heterocycles. The van der Waals surface area contributed by atoms with E-state index < -0.39 is 0 Å². The fourth-order valence-electron chi connectivity index (χ4n) is 3.00. The van der Waals surface area contributed by atoms with Gasteiger partial charge in [-0.05, 0) is 49.8 Å². The quantitative estimate of drug-likeness (QED) is 0.721. The molecule has 0 radical (unpaired) electrons. The summed E-state index contributed by atoms with van der Waals surface area (Å²) in [4.78, 5) is 2.37. The number of nitrogens with zero attached hydrogens (tertiary/aromatic N) is 1. The number of rotatable bonds is 5. The van der Waals surface area contributed by atoms with E-state index in [1.807, 2.05) is 0 Å². The predicted molar refractivity (Wildman–Crippen MR) is 84.7 cm³/mol. The topological polar surface area (TPSA) is 3.24 Å². The van der Waals surface area contributed by atoms with Gasteiger partial charge in [0.15, 0.2) is 0 Å². The number of anilines is 1. The smallest absolute Gasteiger partial charge is 0.0447 e. The van der Waals surface area contributed by atoms with Crippen molar-refractivity contribution in [3.63, 3.8) is 0 Å². The van der Waals surface area contributed by atoms with Gasteiger partial charge in [0, 0.05) is 23.8 Å². The van der Waals surface area contributed by atoms with Gasteiger partial charge in [-0.15, -0.1) is 0 Å². The highest BCUT2D eigenvalue weighted by Crippen LogP contribution is 2.36. The molecule has 0 bridgehead atoms. The maximum Gasteiger partial charge on any atom is 0.0447 e. The molecule has 0 aliphatic carbocycles. The van der Waals surface area contributed by atoms with Crippen molar-refractivity contribution in [2.45, 2.75) is 59.4 Å². The van der Waals surface area contributed by atoms with E-state index in [1.54, 1.807) is 0 Å². The summed E-state index contributed by atoms with van der Waals surface area (Å²) in [6.07, 6.45) is 4.85. The molecule has 0 saturated carbocycles. The van der Waals surface area contributed by atoms with Crippen LogP contribution in [0, 0.1) is 5.92 Å². The molecule has 1 aromatic carbocycles. The Kier molecular flexibility index (Phi) is 4.34. The highest BCUT2D eigenvalue weighted by atomic mass is 15.2. The molecule has 0 amide bonds. The summed E-state index contributed by atoms with van der Waals surface area (Å²) in [6, 6.07) is 7.48. The number of hydrogen-bond acceptors (Lipinski definition) is 1. The van der Waals surface area contributed by atoms with Crippen molar-refractivity contribution in [2.24, 2.45) is 5.92 Å². The molecule has 1 aliphatic heterocycles. The maximum atomic E-state index is 4.21. The Labute approximate surface area is 118 Å². The molecule has 0 N–H and O–H groups in total. The van der Waals surface area contributed by atoms with E-state index in [4.69, 9.17) is 0 Å². The van der Waals surface area contributed by atoms with Crippen LogP contribution in [0.15, 0.2) is 30.5 Å². The summed E-state index contributed by atoms with van der Waals surface area (Å²) in [5.41, 5.74) is 5.55. The Balaban J connectivity index is 2.09. The molecule has 0 atom stereocenters. The summed E-state index contributed by atoms with van der Waals surface area (Å²) >= 11 is 0. The van der Waals surface area contributed by atoms with E-state index in [2.05, 4.69) is 57.4 Å². The first kappa shape index (κ1) is 14.2. The molecule has 2 rings (SSSR count). The first-order chi connectivity index (χ1) is 8.99. The van der Waals surface area contributed by atoms with Crippen LogP contribution in [-0.4, -0.2) is 6.04 Å². The van der Waals surface area contributed by atoms with Gasteiger partial charge in [-0.25, -0.2) is 0 Å². The lowest BCUT2D eigenvalue weighted by atomic mass is 10.0. The standard InChI is InChI=1S/C18H27N/c1-13(2)7-6-8-16-9-10-18-17(12-16)11-15(5)19(18)14(3)4/h9-10,12-14H,5-8,11H2,1-4H3. The van der Waals surface area contributed by atoms with Crippen LogP contribution in [0.2, 0.25) is 0 Å². The van der Waals surface area contributed by atoms with E-state index in [1.165, 1.54) is 41.8 Å². The molecule has 1 heterocycles. The lowest BCUT2D eigenvalue weighted by molar-refractivity contribution is 0.556. The Morgan fingerprint density at radius 2 is 1.95 bits per heavy atom. The number of aryl methyl sites for hydroxylation is 1. The van der Waals surface area contributed by atoms with Crippen molar-refractivity contribution in [2.75, 3.05) is 4.90 Å². The van der Waals surface area contributed by atoms with Crippen molar-refractivity contribution in [1.29, 1.82) is 0 Å². The van der Waals surface area contributed by atoms with Crippen LogP contribution in [-0.2, 0) is 12.8 Å². The van der Waals surface area contributed by atoms with Crippen LogP contribution in [0.1, 0.15) is 51.7 Å². The van der Waals surface area contributed by atoms with E-state index in [0.717, 1.165) is 12.3 Å². The van der Waals surface area contributed by atoms with Gasteiger partial charge in [0.05, 0.1) is 0 Å². The van der Waals surface area contributed by atoms with Crippen LogP contribution >= 0.6 is 0 Å². The Bertz CT molecular complexity index is 457. The zero-order chi connectivity index (χ0) is 14.0. The average Bonchev–Trinajstić information content (AvgIpc) is 2.63. The number of hydrogen-bond donors (Lipinski definition) is 0. The minimum Gasteiger partial charge on any atom is -0.343 e. The Morgan fingerprint density at radius 1 is 1.21 bits per heavy atom. The minimum absolute atomic E-state index is 0.501. The summed E-state index contributed by atoms with van der Waals surface area (Å²) in [5.74, 6) is 0.811. The maximum absolute atomic E-state index is 4.21. The van der Waals surface area contributed by atoms with Gasteiger partial charge in [-0.3, -0.25) is 0 Å². The fourth-order valence-corrected chi connectivity index (χ4v) is 3.00. The first-order valence-corrected chi connectivity index (χ1v) is 7.58. The third-order valence-electron chi connectivity index (χ3n) is 3.90. The highest BCUT2D eigenvalue weighted by molar-refractivity contribution is 5.66. The van der Waals surface area contributed by atoms with Crippen molar-refractivity contribution in [3.8, 4) is 0 Å². The summed E-state index contributed by atoms with van der Waals surface area (Å²) < 4.78 is 0. The lowest BCUT2D eigenvalue weighted by Crippen LogP contribution is -2.26. The number of allylic oxidation sites excluding steroid dienone is 1. The third kappa shape index (κ3) is 3.20. The summed E-state index contributed by atoms with van der Waals surface area (Å²) in [7, 11) is 0. The Hall–Kier alpha value is -1.24. The van der Waals surface area contributed by atoms with Crippen LogP contribution in [0.5, 0.6) is 0 Å². The van der Waals surface area contributed by atoms with Crippen molar-refractivity contribution >= 4 is 5.69 Å². The molecule has 1 heteroatoms. The SMILES string of the molecule is C=C1Cc2cc(CCCC(C)C)ccc2N1C(C)C. The Morgan fingerprint density at radius 3 is 2.58 bits per heavy atom. The summed E-state index contributed by atoms with van der Waals surface area (Å²) in [6.45, 7) is 13.3. The molecule has 0 spiro atoms. The third-order valence-corrected chi connectivity index (χ3v) is 3.90. The van der Waals surface area contributed by atoms with Crippen LogP contribution < -0.4 is 4.90 Å². The number of benzene rings is 1. The van der Waals surface area contributed by atoms with Gasteiger partial charge in [0.2, 0.25) is 0 Å². The van der Waals surface area contributed by atoms with Crippen molar-refractivity contribution in [3.05, 3.63) is 41.6 Å². The number of fused-ring (bicyclic) bond motifs is 1. The average molecular weight is 257 g/mol. The second-order valence-corrected chi connectivity index (χ2v) is 6.46. The lowest BCUT2D eigenvalue weighted by Gasteiger charge is -2.25. The van der Waals surface area contributed by atoms with Gasteiger partial charge >= 0.3 is 0 Å². The van der Waals surface area contributed by atoms with Gasteiger partial charge in [-0.2, -0.15) is 0 Å². The molecule has 1 aliphatic rings. The molecule has 1 aromatic rings. The van der Waals surface area contributed by atoms with E-state index in [0.29, 0.717) is 6.04 Å². The van der Waals surface area contributed by atoms with Crippen LogP contribution in [0.25, 0.3) is 0 Å². The summed E-state index contributed by atoms with van der Waals surface area (Å²) in [5, 5.41) is 0. The minimum atomic E-state index is 0.501. The van der Waals surface area contributed by atoms with Gasteiger partial charge in [0.1, 0.15) is 0 Å². The molecule has 0 fully saturated rings. The molecule has 104 valence electrons. The van der Waals surface area contributed by atoms with E-state index >= 15 is 0 Å². The molecule has 0 aromatic heterocycles. The zero-order valence-electron chi connectivity index (χ0n) is 12.9. The normalized spacial score (nSPS) is 14.6. The van der Waals surface area contributed by atoms with Crippen LogP contribution in [0.4, 0.5) is 5.69 Å². The zero-order valence-corrected chi connectivity index (χ0v) is 12.9. The second-order valence-electron chi connectivity index (χ2n) is 6.46. The van der Waals surface area contributed by atoms with Crippen molar-refractivity contribution in [1.82, 2.24) is 0 Å².